The van der Waals surface area contributed by atoms with Crippen LogP contribution in [0.3, 0.4) is 0 Å². The molecule has 6 aliphatic heterocycles. The summed E-state index contributed by atoms with van der Waals surface area (Å²) in [7, 11) is 0. The predicted molar refractivity (Wildman–Crippen MR) is 243 cm³/mol. The van der Waals surface area contributed by atoms with Gasteiger partial charge in [-0.25, -0.2) is 0 Å². The molecule has 0 aromatic heterocycles. The van der Waals surface area contributed by atoms with Crippen molar-refractivity contribution in [3.05, 3.63) is 23.8 Å². The number of rotatable bonds is 10. The molecule has 414 valence electrons. The van der Waals surface area contributed by atoms with Gasteiger partial charge in [-0.3, -0.25) is 4.79 Å². The van der Waals surface area contributed by atoms with Gasteiger partial charge in [-0.2, -0.15) is 0 Å². The van der Waals surface area contributed by atoms with Crippen molar-refractivity contribution >= 4 is 5.97 Å². The molecule has 1 spiro atoms. The number of carbonyl (C=O) groups is 1. The molecule has 3 saturated carbocycles. The van der Waals surface area contributed by atoms with E-state index in [4.69, 9.17) is 52.1 Å². The van der Waals surface area contributed by atoms with Gasteiger partial charge in [0.2, 0.25) is 5.79 Å². The first-order valence-electron chi connectivity index (χ1n) is 25.9. The summed E-state index contributed by atoms with van der Waals surface area (Å²) < 4.78 is 68.0. The monoisotopic (exact) mass is 1040 g/mol. The smallest absolute Gasteiger partial charge is 0.303 e. The second kappa shape index (κ2) is 20.1. The summed E-state index contributed by atoms with van der Waals surface area (Å²) in [5, 5.41) is 121. The normalized spacial score (nSPS) is 55.9. The van der Waals surface area contributed by atoms with Crippen molar-refractivity contribution in [3.63, 3.8) is 0 Å². The Morgan fingerprint density at radius 1 is 0.795 bits per heavy atom. The Hall–Kier alpha value is -1.89. The lowest BCUT2D eigenvalue weighted by atomic mass is 9.46. The molecule has 29 unspecified atom stereocenters. The predicted octanol–water partition coefficient (Wildman–Crippen LogP) is -2.64. The molecular weight excluding hydrogens is 969 g/mol. The molecule has 0 aromatic carbocycles. The lowest BCUT2D eigenvalue weighted by Gasteiger charge is -2.60. The number of hydrogen-bond acceptors (Lipinski definition) is 23. The van der Waals surface area contributed by atoms with Crippen LogP contribution >= 0.6 is 0 Å². The van der Waals surface area contributed by atoms with Gasteiger partial charge in [0.25, 0.3) is 0 Å². The minimum absolute atomic E-state index is 0.0203. The SMILES string of the molecule is C=C1COC2(OC3CC4C5CC=C6CC(O)CC(OC7OCC(O)C(OC8OCC(O)C(O)C8O)C7OC7OC(C)C(OC(C)=O)C(OC8OCC(O)(CO)C8O)C7O)C6(C)C5CCC4(C)C3C2C)C(O)C1O. The van der Waals surface area contributed by atoms with E-state index in [2.05, 4.69) is 26.5 Å². The number of allylic oxidation sites excluding steroid dienone is 1. The first-order valence-corrected chi connectivity index (χ1v) is 25.9. The molecule has 9 fully saturated rings. The van der Waals surface area contributed by atoms with E-state index in [-0.39, 0.29) is 54.1 Å². The molecule has 23 nitrogen and oxygen atoms in total. The van der Waals surface area contributed by atoms with E-state index in [1.807, 2.05) is 6.92 Å². The molecule has 0 bridgehead atoms. The Balaban J connectivity index is 0.942. The average Bonchev–Trinajstić information content (AvgIpc) is 3.93. The Morgan fingerprint density at radius 3 is 2.21 bits per heavy atom. The summed E-state index contributed by atoms with van der Waals surface area (Å²) in [5.41, 5.74) is -1.62. The first kappa shape index (κ1) is 54.5. The van der Waals surface area contributed by atoms with E-state index < -0.39 is 166 Å². The van der Waals surface area contributed by atoms with E-state index in [0.717, 1.165) is 31.8 Å². The third kappa shape index (κ3) is 8.91. The maximum atomic E-state index is 12.4. The zero-order chi connectivity index (χ0) is 52.4. The van der Waals surface area contributed by atoms with Crippen molar-refractivity contribution in [2.24, 2.45) is 40.4 Å². The van der Waals surface area contributed by atoms with Crippen molar-refractivity contribution in [1.29, 1.82) is 0 Å². The van der Waals surface area contributed by atoms with Gasteiger partial charge in [0, 0.05) is 24.7 Å². The summed E-state index contributed by atoms with van der Waals surface area (Å²) >= 11 is 0. The van der Waals surface area contributed by atoms with Crippen LogP contribution in [0.4, 0.5) is 0 Å². The molecule has 10 aliphatic rings. The minimum atomic E-state index is -2.11. The van der Waals surface area contributed by atoms with Crippen molar-refractivity contribution in [2.75, 3.05) is 33.0 Å². The second-order valence-corrected chi connectivity index (χ2v) is 23.1. The van der Waals surface area contributed by atoms with Crippen LogP contribution < -0.4 is 0 Å². The van der Waals surface area contributed by atoms with Gasteiger partial charge >= 0.3 is 5.97 Å². The maximum absolute atomic E-state index is 12.4. The molecule has 6 heterocycles. The molecule has 10 rings (SSSR count). The van der Waals surface area contributed by atoms with Crippen LogP contribution in [0.1, 0.15) is 73.1 Å². The van der Waals surface area contributed by atoms with Crippen molar-refractivity contribution in [3.8, 4) is 0 Å². The number of aliphatic hydroxyl groups is 11. The largest absolute Gasteiger partial charge is 0.457 e. The fourth-order valence-corrected chi connectivity index (χ4v) is 15.1. The standard InChI is InChI=1S/C50H76O23/c1-19-14-66-50(41(60)33(19)56)20(2)32-30(73-50)13-27-25-8-7-23-11-24(53)12-31(48(23,6)26(25)9-10-47(27,32)5)69-45-40(38(29(55)16-64-45)70-43-35(58)34(57)28(54)15-63-43)72-44-36(59)39(37(21(3)67-44)68-22(4)52)71-46-42(61)49(62,17-51)18-65-46/h7,20-21,24-46,51,53-62H,1,8-18H2,2-6H3. The highest BCUT2D eigenvalue weighted by Crippen LogP contribution is 2.71. The number of esters is 1. The molecule has 73 heavy (non-hydrogen) atoms. The summed E-state index contributed by atoms with van der Waals surface area (Å²) in [4.78, 5) is 12.4. The highest BCUT2D eigenvalue weighted by Gasteiger charge is 2.72. The Morgan fingerprint density at radius 2 is 1.49 bits per heavy atom. The van der Waals surface area contributed by atoms with Crippen molar-refractivity contribution in [1.82, 2.24) is 0 Å². The van der Waals surface area contributed by atoms with Crippen LogP contribution in [0.5, 0.6) is 0 Å². The van der Waals surface area contributed by atoms with Crippen molar-refractivity contribution < 1.29 is 113 Å². The Labute approximate surface area is 422 Å². The lowest BCUT2D eigenvalue weighted by Crippen LogP contribution is -2.66. The second-order valence-electron chi connectivity index (χ2n) is 23.1. The van der Waals surface area contributed by atoms with E-state index in [0.29, 0.717) is 18.4 Å². The fraction of sp³-hybridized carbons (Fsp3) is 0.900. The zero-order valence-corrected chi connectivity index (χ0v) is 41.8. The van der Waals surface area contributed by atoms with Crippen molar-refractivity contribution in [2.45, 2.75) is 207 Å². The van der Waals surface area contributed by atoms with Gasteiger partial charge in [-0.15, -0.1) is 0 Å². The zero-order valence-electron chi connectivity index (χ0n) is 41.8. The van der Waals surface area contributed by atoms with Gasteiger partial charge in [-0.05, 0) is 73.7 Å². The average molecular weight is 1050 g/mol. The quantitative estimate of drug-likeness (QED) is 0.0787. The highest BCUT2D eigenvalue weighted by atomic mass is 16.8. The van der Waals surface area contributed by atoms with Crippen LogP contribution in [0.2, 0.25) is 0 Å². The van der Waals surface area contributed by atoms with Gasteiger partial charge in [0.1, 0.15) is 72.7 Å². The van der Waals surface area contributed by atoms with Gasteiger partial charge < -0.3 is 108 Å². The first-order chi connectivity index (χ1) is 34.5. The van der Waals surface area contributed by atoms with E-state index in [1.54, 1.807) is 0 Å². The molecule has 4 aliphatic carbocycles. The minimum Gasteiger partial charge on any atom is -0.457 e. The number of aliphatic hydroxyl groups excluding tert-OH is 10. The van der Waals surface area contributed by atoms with Crippen LogP contribution in [0, 0.1) is 40.4 Å². The van der Waals surface area contributed by atoms with Crippen LogP contribution in [-0.4, -0.2) is 229 Å². The molecule has 0 aromatic rings. The highest BCUT2D eigenvalue weighted by molar-refractivity contribution is 5.66. The summed E-state index contributed by atoms with van der Waals surface area (Å²) in [6.07, 6.45) is -22.3. The summed E-state index contributed by atoms with van der Waals surface area (Å²) in [6.45, 7) is 10.8. The number of fused-ring (bicyclic) bond motifs is 7. The third-order valence-electron chi connectivity index (χ3n) is 19.0. The molecule has 0 radical (unpaired) electrons. The van der Waals surface area contributed by atoms with Crippen LogP contribution in [-0.2, 0) is 56.9 Å². The molecule has 11 N–H and O–H groups in total. The topological polar surface area (TPSA) is 341 Å². The fourth-order valence-electron chi connectivity index (χ4n) is 15.1. The van der Waals surface area contributed by atoms with Gasteiger partial charge in [0.15, 0.2) is 31.3 Å². The van der Waals surface area contributed by atoms with Crippen LogP contribution in [0.15, 0.2) is 23.8 Å². The summed E-state index contributed by atoms with van der Waals surface area (Å²) in [5.74, 6) is -2.01. The third-order valence-corrected chi connectivity index (χ3v) is 19.0. The Bertz CT molecular complexity index is 2060. The Kier molecular flexibility index (Phi) is 15.0. The molecule has 0 amide bonds. The number of ether oxygens (including phenoxy) is 11. The lowest BCUT2D eigenvalue weighted by molar-refractivity contribution is -0.387. The van der Waals surface area contributed by atoms with Gasteiger partial charge in [0.05, 0.1) is 57.5 Å². The molecule has 23 heteroatoms. The summed E-state index contributed by atoms with van der Waals surface area (Å²) in [6, 6.07) is 0. The molecule has 6 saturated heterocycles. The molecule has 29 atom stereocenters. The number of hydrogen-bond donors (Lipinski definition) is 11. The molecular formula is C50H76O23. The maximum Gasteiger partial charge on any atom is 0.303 e. The van der Waals surface area contributed by atoms with E-state index in [9.17, 15) is 61.0 Å². The van der Waals surface area contributed by atoms with E-state index >= 15 is 0 Å². The number of carbonyl (C=O) groups excluding carboxylic acids is 1. The van der Waals surface area contributed by atoms with E-state index in [1.165, 1.54) is 6.92 Å². The van der Waals surface area contributed by atoms with Gasteiger partial charge in [-0.1, -0.05) is 39.0 Å². The van der Waals surface area contributed by atoms with Crippen LogP contribution in [0.25, 0.3) is 0 Å².